The molecule has 9 N–H and O–H groups in total. The number of imidazole rings is 3. The van der Waals surface area contributed by atoms with Crippen LogP contribution in [0.3, 0.4) is 0 Å². The lowest BCUT2D eigenvalue weighted by Gasteiger charge is -2.25. The second kappa shape index (κ2) is 30.7. The molecule has 1 aliphatic heterocycles. The van der Waals surface area contributed by atoms with Crippen LogP contribution in [0.5, 0.6) is 0 Å². The molecule has 67 heavy (non-hydrogen) atoms. The Morgan fingerprint density at radius 3 is 1.39 bits per heavy atom. The van der Waals surface area contributed by atoms with Gasteiger partial charge in [0.1, 0.15) is 0 Å². The molecule has 0 unspecified atom stereocenters. The number of carboxylic acid groups (broad SMARTS) is 2. The van der Waals surface area contributed by atoms with Crippen LogP contribution in [-0.4, -0.2) is 122 Å². The molecule has 4 rings (SSSR count). The van der Waals surface area contributed by atoms with E-state index >= 15 is 0 Å². The van der Waals surface area contributed by atoms with Gasteiger partial charge < -0.3 is 55.7 Å². The molecule has 2 amide bonds. The number of rotatable bonds is 20. The fourth-order valence-electron chi connectivity index (χ4n) is 5.12. The molecule has 0 atom stereocenters. The Kier molecular flexibility index (Phi) is 27.7. The van der Waals surface area contributed by atoms with E-state index < -0.39 is 45.5 Å². The molecule has 0 radical (unpaired) electrons. The number of amides is 2. The first-order chi connectivity index (χ1) is 31.2. The van der Waals surface area contributed by atoms with Crippen molar-refractivity contribution in [2.75, 3.05) is 33.9 Å². The highest BCUT2D eigenvalue weighted by Gasteiger charge is 2.36. The first-order valence-corrected chi connectivity index (χ1v) is 21.7. The summed E-state index contributed by atoms with van der Waals surface area (Å²) in [5, 5.41) is 23.0. The number of carbonyl (C=O) groups is 8. The molecule has 0 bridgehead atoms. The van der Waals surface area contributed by atoms with E-state index in [9.17, 15) is 38.4 Å². The van der Waals surface area contributed by atoms with Crippen molar-refractivity contribution in [3.63, 3.8) is 0 Å². The summed E-state index contributed by atoms with van der Waals surface area (Å²) in [7, 11) is 2.63. The fraction of sp³-hybridized carbons (Fsp3) is 0.622. The van der Waals surface area contributed by atoms with Gasteiger partial charge in [-0.1, -0.05) is 27.7 Å². The highest BCUT2D eigenvalue weighted by atomic mass is 16.6. The van der Waals surface area contributed by atoms with Crippen molar-refractivity contribution >= 4 is 47.6 Å². The summed E-state index contributed by atoms with van der Waals surface area (Å²) >= 11 is 0. The molecule has 0 saturated carbocycles. The molecule has 3 aromatic rings. The first-order valence-electron chi connectivity index (χ1n) is 21.7. The Hall–Kier alpha value is -6.45. The summed E-state index contributed by atoms with van der Waals surface area (Å²) in [6.45, 7) is 15.6. The molecule has 0 aliphatic carbocycles. The number of esters is 4. The minimum absolute atomic E-state index is 0.000961. The summed E-state index contributed by atoms with van der Waals surface area (Å²) in [5.74, 6) is -3.42. The molecule has 376 valence electrons. The van der Waals surface area contributed by atoms with Gasteiger partial charge in [-0.05, 0) is 59.9 Å². The number of H-pyrrole nitrogens is 3. The Balaban J connectivity index is 0.000000841. The zero-order chi connectivity index (χ0) is 51.3. The maximum atomic E-state index is 12.0. The van der Waals surface area contributed by atoms with E-state index in [0.29, 0.717) is 64.6 Å². The van der Waals surface area contributed by atoms with E-state index in [4.69, 9.17) is 15.9 Å². The SMILES string of the molecule is CC(C)(CCC(=O)O)C(=O)NCCc1cnc[nH]1.CC1(C)CCC(=O)OC1=O.COC(=O)CCC(C)(C)C(=O)NCCc1cnc[nH]1.COC(=O)CCC(C)(C)C(=O)O.NCCc1cnc[nH]1. The molecule has 4 heterocycles. The normalized spacial score (nSPS) is 12.9. The van der Waals surface area contributed by atoms with Gasteiger partial charge in [0.05, 0.1) is 44.0 Å². The lowest BCUT2D eigenvalue weighted by atomic mass is 9.86. The minimum Gasteiger partial charge on any atom is -0.481 e. The van der Waals surface area contributed by atoms with Gasteiger partial charge in [0.25, 0.3) is 0 Å². The van der Waals surface area contributed by atoms with Crippen molar-refractivity contribution < 1.29 is 62.8 Å². The number of hydrogen-bond acceptors (Lipinski definition) is 15. The zero-order valence-corrected chi connectivity index (χ0v) is 40.7. The Labute approximate surface area is 392 Å². The molecule has 22 nitrogen and oxygen atoms in total. The van der Waals surface area contributed by atoms with Crippen LogP contribution in [0.1, 0.15) is 124 Å². The predicted molar refractivity (Wildman–Crippen MR) is 244 cm³/mol. The Bertz CT molecular complexity index is 1940. The monoisotopic (exact) mass is 948 g/mol. The summed E-state index contributed by atoms with van der Waals surface area (Å²) in [6.07, 6.45) is 14.8. The van der Waals surface area contributed by atoms with Crippen LogP contribution in [0.4, 0.5) is 0 Å². The lowest BCUT2D eigenvalue weighted by Crippen LogP contribution is -2.38. The number of nitrogens with two attached hydrogens (primary N) is 1. The van der Waals surface area contributed by atoms with Gasteiger partial charge in [-0.3, -0.25) is 38.4 Å². The molecule has 1 fully saturated rings. The van der Waals surface area contributed by atoms with Gasteiger partial charge in [0, 0.05) is 105 Å². The second-order valence-electron chi connectivity index (χ2n) is 17.9. The third-order valence-electron chi connectivity index (χ3n) is 10.3. The number of carboxylic acids is 2. The molecular weight excluding hydrogens is 875 g/mol. The molecule has 1 aliphatic rings. The van der Waals surface area contributed by atoms with Crippen LogP contribution in [-0.2, 0) is 71.8 Å². The van der Waals surface area contributed by atoms with Crippen LogP contribution in [0, 0.1) is 21.7 Å². The van der Waals surface area contributed by atoms with Crippen LogP contribution in [0.15, 0.2) is 37.6 Å². The molecule has 0 aromatic carbocycles. The summed E-state index contributed by atoms with van der Waals surface area (Å²) < 4.78 is 13.4. The molecule has 22 heteroatoms. The van der Waals surface area contributed by atoms with E-state index in [-0.39, 0.29) is 43.0 Å². The van der Waals surface area contributed by atoms with Crippen molar-refractivity contribution in [3.8, 4) is 0 Å². The third-order valence-corrected chi connectivity index (χ3v) is 10.3. The number of aromatic amines is 3. The number of hydrogen-bond donors (Lipinski definition) is 8. The van der Waals surface area contributed by atoms with E-state index in [2.05, 4.69) is 54.7 Å². The van der Waals surface area contributed by atoms with E-state index in [1.807, 2.05) is 13.8 Å². The van der Waals surface area contributed by atoms with Gasteiger partial charge in [-0.2, -0.15) is 0 Å². The average Bonchev–Trinajstić information content (AvgIpc) is 4.10. The van der Waals surface area contributed by atoms with Crippen molar-refractivity contribution in [2.45, 2.75) is 126 Å². The summed E-state index contributed by atoms with van der Waals surface area (Å²) in [5.41, 5.74) is 5.75. The van der Waals surface area contributed by atoms with Crippen molar-refractivity contribution in [1.82, 2.24) is 40.5 Å². The van der Waals surface area contributed by atoms with Crippen LogP contribution in [0.2, 0.25) is 0 Å². The lowest BCUT2D eigenvalue weighted by molar-refractivity contribution is -0.172. The van der Waals surface area contributed by atoms with Crippen LogP contribution < -0.4 is 16.4 Å². The predicted octanol–water partition coefficient (Wildman–Crippen LogP) is 3.84. The third kappa shape index (κ3) is 26.9. The van der Waals surface area contributed by atoms with Crippen molar-refractivity contribution in [3.05, 3.63) is 54.7 Å². The molecule has 3 aromatic heterocycles. The molecule has 0 spiro atoms. The highest BCUT2D eigenvalue weighted by Crippen LogP contribution is 2.28. The standard InChI is InChI=1S/C13H21N3O3.C12H19N3O3.C8H14O4.C7H10O3.C5H9N3/c1-13(2,6-4-11(17)19-3)12(18)15-7-5-10-8-14-9-16-10;1-12(2,5-3-10(16)17)11(18)14-6-4-9-7-13-8-15-9;1-8(2,7(10)11)5-4-6(9)12-3;1-7(2)4-3-5(8)10-6(7)9;6-2-1-5-3-7-4-8-5/h8-9H,4-7H2,1-3H3,(H,14,16)(H,15,18);7-8H,3-6H2,1-2H3,(H,13,15)(H,14,18)(H,16,17);4-5H2,1-3H3,(H,10,11);3-4H2,1-2H3;3-4H,1-2,6H2,(H,7,8). The summed E-state index contributed by atoms with van der Waals surface area (Å²) in [4.78, 5) is 109. The summed E-state index contributed by atoms with van der Waals surface area (Å²) in [6, 6.07) is 0. The smallest absolute Gasteiger partial charge is 0.319 e. The number of cyclic esters (lactones) is 2. The maximum Gasteiger partial charge on any atom is 0.319 e. The fourth-order valence-corrected chi connectivity index (χ4v) is 5.12. The average molecular weight is 948 g/mol. The quantitative estimate of drug-likeness (QED) is 0.0453. The van der Waals surface area contributed by atoms with Crippen molar-refractivity contribution in [2.24, 2.45) is 27.4 Å². The van der Waals surface area contributed by atoms with Gasteiger partial charge >= 0.3 is 35.8 Å². The van der Waals surface area contributed by atoms with E-state index in [1.54, 1.807) is 79.1 Å². The van der Waals surface area contributed by atoms with E-state index in [1.165, 1.54) is 14.2 Å². The van der Waals surface area contributed by atoms with Crippen LogP contribution >= 0.6 is 0 Å². The zero-order valence-electron chi connectivity index (χ0n) is 40.7. The van der Waals surface area contributed by atoms with Crippen LogP contribution in [0.25, 0.3) is 0 Å². The molecular formula is C45H73N9O13. The first kappa shape index (κ1) is 60.5. The number of aliphatic carboxylic acids is 2. The van der Waals surface area contributed by atoms with Gasteiger partial charge in [-0.15, -0.1) is 0 Å². The maximum absolute atomic E-state index is 12.0. The second-order valence-corrected chi connectivity index (χ2v) is 17.9. The van der Waals surface area contributed by atoms with E-state index in [0.717, 1.165) is 23.5 Å². The Morgan fingerprint density at radius 2 is 1.07 bits per heavy atom. The minimum atomic E-state index is -0.897. The number of nitrogens with one attached hydrogen (secondary N) is 5. The van der Waals surface area contributed by atoms with Crippen molar-refractivity contribution in [1.29, 1.82) is 0 Å². The number of aromatic nitrogens is 6. The largest absolute Gasteiger partial charge is 0.481 e. The Morgan fingerprint density at radius 1 is 0.687 bits per heavy atom. The number of nitrogens with zero attached hydrogens (tertiary/aromatic N) is 3. The van der Waals surface area contributed by atoms with Gasteiger partial charge in [-0.25, -0.2) is 15.0 Å². The molecule has 1 saturated heterocycles. The number of carbonyl (C=O) groups excluding carboxylic acids is 6. The van der Waals surface area contributed by atoms with Gasteiger partial charge in [0.15, 0.2) is 0 Å². The number of methoxy groups -OCH3 is 2. The van der Waals surface area contributed by atoms with Gasteiger partial charge in [0.2, 0.25) is 11.8 Å². The number of ether oxygens (including phenoxy) is 3. The highest BCUT2D eigenvalue weighted by molar-refractivity contribution is 5.91. The topological polar surface area (TPSA) is 341 Å².